The molecule has 0 aromatic carbocycles. The molecule has 1 rings (SSSR count). The van der Waals surface area contributed by atoms with E-state index in [9.17, 15) is 4.79 Å². The van der Waals surface area contributed by atoms with Crippen molar-refractivity contribution in [3.63, 3.8) is 0 Å². The molecule has 0 bridgehead atoms. The fraction of sp³-hybridized carbons (Fsp3) is 0.667. The zero-order valence-electron chi connectivity index (χ0n) is 11.3. The molecule has 0 aliphatic rings. The van der Waals surface area contributed by atoms with Crippen LogP contribution in [0.2, 0.25) is 0 Å². The monoisotopic (exact) mass is 361 g/mol. The summed E-state index contributed by atoms with van der Waals surface area (Å²) in [5.41, 5.74) is 0.123. The number of aromatic nitrogens is 1. The van der Waals surface area contributed by atoms with Gasteiger partial charge in [0, 0.05) is 22.4 Å². The third-order valence-electron chi connectivity index (χ3n) is 3.20. The molecule has 0 unspecified atom stereocenters. The first-order valence-electron chi connectivity index (χ1n) is 7.10. The highest BCUT2D eigenvalue weighted by Crippen LogP contribution is 2.09. The second-order valence-corrected chi connectivity index (χ2v) is 6.10. The minimum atomic E-state index is 0.123. The zero-order valence-corrected chi connectivity index (χ0v) is 13.5. The summed E-state index contributed by atoms with van der Waals surface area (Å²) in [6, 6.07) is 3.53. The first kappa shape index (κ1) is 15.7. The highest BCUT2D eigenvalue weighted by Gasteiger charge is 1.97. The van der Waals surface area contributed by atoms with E-state index in [2.05, 4.69) is 29.5 Å². The van der Waals surface area contributed by atoms with Gasteiger partial charge in [0.2, 0.25) is 0 Å². The number of hydrogen-bond donors (Lipinski definition) is 0. The lowest BCUT2D eigenvalue weighted by atomic mass is 10.1. The number of nitrogens with zero attached hydrogens (tertiary/aromatic N) is 1. The van der Waals surface area contributed by atoms with Crippen LogP contribution in [0.5, 0.6) is 0 Å². The van der Waals surface area contributed by atoms with Crippen LogP contribution in [-0.2, 0) is 6.54 Å². The van der Waals surface area contributed by atoms with E-state index in [1.807, 2.05) is 16.8 Å². The molecular formula is C15H24INO. The van der Waals surface area contributed by atoms with E-state index in [1.165, 1.54) is 44.9 Å². The molecule has 18 heavy (non-hydrogen) atoms. The van der Waals surface area contributed by atoms with E-state index >= 15 is 0 Å². The van der Waals surface area contributed by atoms with Gasteiger partial charge < -0.3 is 4.57 Å². The molecule has 1 aromatic heterocycles. The normalized spacial score (nSPS) is 10.8. The van der Waals surface area contributed by atoms with Crippen molar-refractivity contribution in [2.75, 3.05) is 0 Å². The zero-order chi connectivity index (χ0) is 13.2. The van der Waals surface area contributed by atoms with Gasteiger partial charge in [-0.25, -0.2) is 0 Å². The summed E-state index contributed by atoms with van der Waals surface area (Å²) < 4.78 is 2.96. The molecule has 0 spiro atoms. The summed E-state index contributed by atoms with van der Waals surface area (Å²) in [6.45, 7) is 3.11. The molecule has 0 radical (unpaired) electrons. The molecule has 0 saturated heterocycles. The summed E-state index contributed by atoms with van der Waals surface area (Å²) in [5.74, 6) is 0. The number of halogens is 1. The Kier molecular flexibility index (Phi) is 8.38. The maximum absolute atomic E-state index is 11.6. The van der Waals surface area contributed by atoms with Gasteiger partial charge in [-0.1, -0.05) is 51.9 Å². The Bertz CT molecular complexity index is 386. The van der Waals surface area contributed by atoms with Crippen LogP contribution in [0.1, 0.15) is 58.3 Å². The summed E-state index contributed by atoms with van der Waals surface area (Å²) in [4.78, 5) is 11.6. The van der Waals surface area contributed by atoms with Crippen molar-refractivity contribution >= 4 is 22.6 Å². The predicted octanol–water partition coefficient (Wildman–Crippen LogP) is 4.59. The molecule has 0 atom stereocenters. The van der Waals surface area contributed by atoms with Gasteiger partial charge in [-0.15, -0.1) is 0 Å². The van der Waals surface area contributed by atoms with E-state index in [1.54, 1.807) is 6.07 Å². The summed E-state index contributed by atoms with van der Waals surface area (Å²) in [6.07, 6.45) is 12.4. The number of pyridine rings is 1. The first-order valence-corrected chi connectivity index (χ1v) is 8.18. The largest absolute Gasteiger partial charge is 0.314 e. The van der Waals surface area contributed by atoms with Gasteiger partial charge in [0.1, 0.15) is 0 Å². The molecule has 1 heterocycles. The van der Waals surface area contributed by atoms with Crippen LogP contribution in [0.25, 0.3) is 0 Å². The van der Waals surface area contributed by atoms with Crippen LogP contribution >= 0.6 is 22.6 Å². The molecule has 0 saturated carbocycles. The predicted molar refractivity (Wildman–Crippen MR) is 86.0 cm³/mol. The molecule has 0 aliphatic carbocycles. The van der Waals surface area contributed by atoms with Crippen molar-refractivity contribution in [1.82, 2.24) is 4.57 Å². The molecule has 2 nitrogen and oxygen atoms in total. The van der Waals surface area contributed by atoms with E-state index in [-0.39, 0.29) is 5.56 Å². The fourth-order valence-electron chi connectivity index (χ4n) is 2.09. The molecule has 1 aromatic rings. The van der Waals surface area contributed by atoms with Gasteiger partial charge in [0.05, 0.1) is 0 Å². The molecule has 0 aliphatic heterocycles. The first-order chi connectivity index (χ1) is 8.74. The lowest BCUT2D eigenvalue weighted by molar-refractivity contribution is 0.537. The minimum absolute atomic E-state index is 0.123. The van der Waals surface area contributed by atoms with Crippen LogP contribution in [0, 0.1) is 3.57 Å². The smallest absolute Gasteiger partial charge is 0.250 e. The van der Waals surface area contributed by atoms with Gasteiger partial charge in [0.15, 0.2) is 0 Å². The van der Waals surface area contributed by atoms with E-state index in [0.29, 0.717) is 0 Å². The third-order valence-corrected chi connectivity index (χ3v) is 3.84. The van der Waals surface area contributed by atoms with E-state index < -0.39 is 0 Å². The van der Waals surface area contributed by atoms with Crippen LogP contribution in [0.15, 0.2) is 23.1 Å². The SMILES string of the molecule is CCCCCCCCCCn1cc(I)ccc1=O. The standard InChI is InChI=1S/C15H24INO/c1-2-3-4-5-6-7-8-9-12-17-13-14(16)10-11-15(17)18/h10-11,13H,2-9,12H2,1H3. The van der Waals surface area contributed by atoms with E-state index in [0.717, 1.165) is 16.5 Å². The van der Waals surface area contributed by atoms with Crippen LogP contribution in [-0.4, -0.2) is 4.57 Å². The highest BCUT2D eigenvalue weighted by atomic mass is 127. The maximum atomic E-state index is 11.6. The molecular weight excluding hydrogens is 337 g/mol. The molecule has 0 amide bonds. The highest BCUT2D eigenvalue weighted by molar-refractivity contribution is 14.1. The van der Waals surface area contributed by atoms with Gasteiger partial charge in [-0.05, 0) is 35.1 Å². The molecule has 3 heteroatoms. The van der Waals surface area contributed by atoms with Crippen LogP contribution < -0.4 is 5.56 Å². The third kappa shape index (κ3) is 6.57. The minimum Gasteiger partial charge on any atom is -0.314 e. The average molecular weight is 361 g/mol. The van der Waals surface area contributed by atoms with Gasteiger partial charge >= 0.3 is 0 Å². The summed E-state index contributed by atoms with van der Waals surface area (Å²) in [5, 5.41) is 0. The Balaban J connectivity index is 2.11. The lowest BCUT2D eigenvalue weighted by Crippen LogP contribution is -2.18. The second kappa shape index (κ2) is 9.59. The number of aryl methyl sites for hydroxylation is 1. The van der Waals surface area contributed by atoms with Crippen molar-refractivity contribution in [3.8, 4) is 0 Å². The van der Waals surface area contributed by atoms with Crippen molar-refractivity contribution < 1.29 is 0 Å². The second-order valence-electron chi connectivity index (χ2n) is 4.85. The van der Waals surface area contributed by atoms with E-state index in [4.69, 9.17) is 0 Å². The topological polar surface area (TPSA) is 22.0 Å². The Hall–Kier alpha value is -0.320. The Morgan fingerprint density at radius 2 is 1.61 bits per heavy atom. The van der Waals surface area contributed by atoms with Crippen molar-refractivity contribution in [1.29, 1.82) is 0 Å². The van der Waals surface area contributed by atoms with Crippen molar-refractivity contribution in [2.24, 2.45) is 0 Å². The average Bonchev–Trinajstić information content (AvgIpc) is 2.36. The Labute approximate surface area is 124 Å². The van der Waals surface area contributed by atoms with Crippen molar-refractivity contribution in [3.05, 3.63) is 32.3 Å². The number of unbranched alkanes of at least 4 members (excludes halogenated alkanes) is 7. The lowest BCUT2D eigenvalue weighted by Gasteiger charge is -2.06. The van der Waals surface area contributed by atoms with Gasteiger partial charge in [-0.2, -0.15) is 0 Å². The number of rotatable bonds is 9. The fourth-order valence-corrected chi connectivity index (χ4v) is 2.61. The van der Waals surface area contributed by atoms with Crippen molar-refractivity contribution in [2.45, 2.75) is 64.8 Å². The van der Waals surface area contributed by atoms with Gasteiger partial charge in [-0.3, -0.25) is 4.79 Å². The molecule has 0 N–H and O–H groups in total. The summed E-state index contributed by atoms with van der Waals surface area (Å²) in [7, 11) is 0. The summed E-state index contributed by atoms with van der Waals surface area (Å²) >= 11 is 2.25. The van der Waals surface area contributed by atoms with Crippen LogP contribution in [0.3, 0.4) is 0 Å². The Morgan fingerprint density at radius 3 is 2.28 bits per heavy atom. The molecule has 102 valence electrons. The van der Waals surface area contributed by atoms with Crippen LogP contribution in [0.4, 0.5) is 0 Å². The van der Waals surface area contributed by atoms with Gasteiger partial charge in [0.25, 0.3) is 5.56 Å². The molecule has 0 fully saturated rings. The maximum Gasteiger partial charge on any atom is 0.250 e. The Morgan fingerprint density at radius 1 is 1.00 bits per heavy atom. The number of hydrogen-bond acceptors (Lipinski definition) is 1. The quantitative estimate of drug-likeness (QED) is 0.466.